The maximum absolute atomic E-state index is 12.7. The highest BCUT2D eigenvalue weighted by Crippen LogP contribution is 2.11. The standard InChI is InChI=1S/C15H22FNO3/c1-11(2)14(15(18)19-3)17-9-4-10-20-13-7-5-12(16)6-8-13/h5-8,11,14,17H,4,9-10H2,1-3H3. The monoisotopic (exact) mass is 283 g/mol. The number of hydrogen-bond acceptors (Lipinski definition) is 4. The number of nitrogens with one attached hydrogen (secondary N) is 1. The molecule has 0 saturated heterocycles. The Morgan fingerprint density at radius 2 is 1.95 bits per heavy atom. The summed E-state index contributed by atoms with van der Waals surface area (Å²) in [5.74, 6) is 0.275. The van der Waals surface area contributed by atoms with E-state index in [4.69, 9.17) is 9.47 Å². The van der Waals surface area contributed by atoms with E-state index in [0.29, 0.717) is 18.9 Å². The van der Waals surface area contributed by atoms with Gasteiger partial charge in [0.1, 0.15) is 17.6 Å². The summed E-state index contributed by atoms with van der Waals surface area (Å²) < 4.78 is 22.9. The van der Waals surface area contributed by atoms with Gasteiger partial charge in [-0.2, -0.15) is 0 Å². The van der Waals surface area contributed by atoms with Gasteiger partial charge in [0.15, 0.2) is 0 Å². The van der Waals surface area contributed by atoms with Crippen molar-refractivity contribution in [3.05, 3.63) is 30.1 Å². The maximum Gasteiger partial charge on any atom is 0.323 e. The second-order valence-electron chi connectivity index (χ2n) is 4.85. The first kappa shape index (κ1) is 16.4. The fourth-order valence-corrected chi connectivity index (χ4v) is 1.77. The molecule has 0 bridgehead atoms. The topological polar surface area (TPSA) is 47.6 Å². The number of halogens is 1. The van der Waals surface area contributed by atoms with Gasteiger partial charge in [0.25, 0.3) is 0 Å². The van der Waals surface area contributed by atoms with Crippen molar-refractivity contribution >= 4 is 5.97 Å². The van der Waals surface area contributed by atoms with Gasteiger partial charge in [-0.1, -0.05) is 13.8 Å². The lowest BCUT2D eigenvalue weighted by molar-refractivity contribution is -0.144. The van der Waals surface area contributed by atoms with E-state index in [2.05, 4.69) is 5.32 Å². The van der Waals surface area contributed by atoms with Crippen molar-refractivity contribution in [3.63, 3.8) is 0 Å². The normalized spacial score (nSPS) is 12.2. The predicted molar refractivity (Wildman–Crippen MR) is 75.2 cm³/mol. The highest BCUT2D eigenvalue weighted by molar-refractivity contribution is 5.75. The second-order valence-corrected chi connectivity index (χ2v) is 4.85. The van der Waals surface area contributed by atoms with Gasteiger partial charge in [-0.15, -0.1) is 0 Å². The fraction of sp³-hybridized carbons (Fsp3) is 0.533. The average molecular weight is 283 g/mol. The minimum atomic E-state index is -0.300. The molecule has 0 aliphatic carbocycles. The zero-order chi connectivity index (χ0) is 15.0. The third-order valence-corrected chi connectivity index (χ3v) is 2.89. The van der Waals surface area contributed by atoms with E-state index in [9.17, 15) is 9.18 Å². The number of carbonyl (C=O) groups excluding carboxylic acids is 1. The molecule has 0 heterocycles. The summed E-state index contributed by atoms with van der Waals surface area (Å²) in [6, 6.07) is 5.60. The van der Waals surface area contributed by atoms with Gasteiger partial charge in [-0.25, -0.2) is 4.39 Å². The molecule has 0 fully saturated rings. The molecule has 4 nitrogen and oxygen atoms in total. The van der Waals surface area contributed by atoms with E-state index in [0.717, 1.165) is 6.42 Å². The van der Waals surface area contributed by atoms with E-state index in [1.54, 1.807) is 12.1 Å². The Hall–Kier alpha value is -1.62. The van der Waals surface area contributed by atoms with Gasteiger partial charge in [0.2, 0.25) is 0 Å². The molecule has 0 aliphatic heterocycles. The van der Waals surface area contributed by atoms with Crippen molar-refractivity contribution in [2.45, 2.75) is 26.3 Å². The van der Waals surface area contributed by atoms with Crippen molar-refractivity contribution in [1.29, 1.82) is 0 Å². The number of carbonyl (C=O) groups is 1. The molecule has 1 rings (SSSR count). The maximum atomic E-state index is 12.7. The van der Waals surface area contributed by atoms with E-state index in [1.807, 2.05) is 13.8 Å². The molecule has 112 valence electrons. The van der Waals surface area contributed by atoms with Crippen LogP contribution in [0.4, 0.5) is 4.39 Å². The number of rotatable bonds is 8. The first-order valence-corrected chi connectivity index (χ1v) is 6.74. The quantitative estimate of drug-likeness (QED) is 0.588. The highest BCUT2D eigenvalue weighted by atomic mass is 19.1. The number of hydrogen-bond donors (Lipinski definition) is 1. The Balaban J connectivity index is 2.23. The van der Waals surface area contributed by atoms with Gasteiger partial charge in [0.05, 0.1) is 13.7 Å². The first-order valence-electron chi connectivity index (χ1n) is 6.74. The summed E-state index contributed by atoms with van der Waals surface area (Å²) in [4.78, 5) is 11.5. The Bertz CT molecular complexity index is 406. The third-order valence-electron chi connectivity index (χ3n) is 2.89. The Kier molecular flexibility index (Phi) is 7.01. The van der Waals surface area contributed by atoms with Crippen molar-refractivity contribution in [2.24, 2.45) is 5.92 Å². The predicted octanol–water partition coefficient (Wildman–Crippen LogP) is 2.38. The van der Waals surface area contributed by atoms with Crippen LogP contribution in [0.1, 0.15) is 20.3 Å². The summed E-state index contributed by atoms with van der Waals surface area (Å²) in [6.07, 6.45) is 0.748. The lowest BCUT2D eigenvalue weighted by atomic mass is 10.0. The number of benzene rings is 1. The minimum Gasteiger partial charge on any atom is -0.494 e. The van der Waals surface area contributed by atoms with Gasteiger partial charge >= 0.3 is 5.97 Å². The van der Waals surface area contributed by atoms with Crippen LogP contribution in [0.5, 0.6) is 5.75 Å². The lowest BCUT2D eigenvalue weighted by Gasteiger charge is -2.19. The Labute approximate surface area is 119 Å². The summed E-state index contributed by atoms with van der Waals surface area (Å²) in [6.45, 7) is 5.08. The number of methoxy groups -OCH3 is 1. The van der Waals surface area contributed by atoms with Crippen LogP contribution in [0.3, 0.4) is 0 Å². The average Bonchev–Trinajstić information content (AvgIpc) is 2.43. The lowest BCUT2D eigenvalue weighted by Crippen LogP contribution is -2.42. The van der Waals surface area contributed by atoms with Crippen LogP contribution in [0.2, 0.25) is 0 Å². The van der Waals surface area contributed by atoms with Gasteiger partial charge in [-0.3, -0.25) is 4.79 Å². The Morgan fingerprint density at radius 3 is 2.50 bits per heavy atom. The first-order chi connectivity index (χ1) is 9.54. The molecule has 0 amide bonds. The Morgan fingerprint density at radius 1 is 1.30 bits per heavy atom. The van der Waals surface area contributed by atoms with Crippen molar-refractivity contribution in [3.8, 4) is 5.75 Å². The summed E-state index contributed by atoms with van der Waals surface area (Å²) >= 11 is 0. The summed E-state index contributed by atoms with van der Waals surface area (Å²) in [5.41, 5.74) is 0. The van der Waals surface area contributed by atoms with Crippen LogP contribution in [0.25, 0.3) is 0 Å². The zero-order valence-corrected chi connectivity index (χ0v) is 12.2. The van der Waals surface area contributed by atoms with Crippen LogP contribution >= 0.6 is 0 Å². The third kappa shape index (κ3) is 5.57. The number of esters is 1. The minimum absolute atomic E-state index is 0.167. The van der Waals surface area contributed by atoms with Crippen LogP contribution in [0.15, 0.2) is 24.3 Å². The molecular formula is C15H22FNO3. The number of ether oxygens (including phenoxy) is 2. The molecule has 1 aromatic carbocycles. The molecule has 0 saturated carbocycles. The molecule has 1 unspecified atom stereocenters. The molecule has 5 heteroatoms. The van der Waals surface area contributed by atoms with Crippen LogP contribution < -0.4 is 10.1 Å². The highest BCUT2D eigenvalue weighted by Gasteiger charge is 2.21. The smallest absolute Gasteiger partial charge is 0.323 e. The molecule has 1 aromatic rings. The molecule has 1 atom stereocenters. The van der Waals surface area contributed by atoms with E-state index >= 15 is 0 Å². The molecule has 1 N–H and O–H groups in total. The fourth-order valence-electron chi connectivity index (χ4n) is 1.77. The van der Waals surface area contributed by atoms with Gasteiger partial charge in [-0.05, 0) is 43.1 Å². The largest absolute Gasteiger partial charge is 0.494 e. The molecule has 0 radical (unpaired) electrons. The van der Waals surface area contributed by atoms with Crippen molar-refractivity contribution in [2.75, 3.05) is 20.3 Å². The van der Waals surface area contributed by atoms with Gasteiger partial charge < -0.3 is 14.8 Å². The summed E-state index contributed by atoms with van der Waals surface area (Å²) in [7, 11) is 1.39. The van der Waals surface area contributed by atoms with E-state index in [1.165, 1.54) is 19.2 Å². The molecule has 0 spiro atoms. The molecule has 20 heavy (non-hydrogen) atoms. The SMILES string of the molecule is COC(=O)C(NCCCOc1ccc(F)cc1)C(C)C. The van der Waals surface area contributed by atoms with Crippen molar-refractivity contribution in [1.82, 2.24) is 5.32 Å². The second kappa shape index (κ2) is 8.53. The van der Waals surface area contributed by atoms with Crippen molar-refractivity contribution < 1.29 is 18.7 Å². The van der Waals surface area contributed by atoms with Crippen LogP contribution in [-0.2, 0) is 9.53 Å². The molecule has 0 aromatic heterocycles. The zero-order valence-electron chi connectivity index (χ0n) is 12.2. The van der Waals surface area contributed by atoms with E-state index in [-0.39, 0.29) is 23.7 Å². The van der Waals surface area contributed by atoms with Gasteiger partial charge in [0, 0.05) is 0 Å². The summed E-state index contributed by atoms with van der Waals surface area (Å²) in [5, 5.41) is 3.15. The van der Waals surface area contributed by atoms with Crippen LogP contribution in [-0.4, -0.2) is 32.3 Å². The molecular weight excluding hydrogens is 261 g/mol. The molecule has 0 aliphatic rings. The van der Waals surface area contributed by atoms with E-state index < -0.39 is 0 Å². The van der Waals surface area contributed by atoms with Crippen LogP contribution in [0, 0.1) is 11.7 Å².